The van der Waals surface area contributed by atoms with Gasteiger partial charge in [-0.05, 0) is 28.8 Å². The van der Waals surface area contributed by atoms with Crippen molar-refractivity contribution in [2.75, 3.05) is 11.1 Å². The summed E-state index contributed by atoms with van der Waals surface area (Å²) in [4.78, 5) is 55.8. The second-order valence-corrected chi connectivity index (χ2v) is 10.7. The van der Waals surface area contributed by atoms with Gasteiger partial charge in [-0.15, -0.1) is 11.8 Å². The summed E-state index contributed by atoms with van der Waals surface area (Å²) >= 11 is 4.87. The Kier molecular flexibility index (Phi) is 6.41. The summed E-state index contributed by atoms with van der Waals surface area (Å²) in [5.41, 5.74) is 3.05. The quantitative estimate of drug-likeness (QED) is 0.182. The van der Waals surface area contributed by atoms with Crippen LogP contribution in [0, 0.1) is 0 Å². The normalized spacial score (nSPS) is 20.4. The molecule has 38 heavy (non-hydrogen) atoms. The van der Waals surface area contributed by atoms with Crippen molar-refractivity contribution in [1.82, 2.24) is 9.80 Å². The highest BCUT2D eigenvalue weighted by Crippen LogP contribution is 2.45. The van der Waals surface area contributed by atoms with Crippen LogP contribution < -0.4 is 0 Å². The molecule has 9 heteroatoms. The lowest BCUT2D eigenvalue weighted by atomic mass is 10.00. The molecule has 190 valence electrons. The van der Waals surface area contributed by atoms with E-state index in [2.05, 4.69) is 15.9 Å². The second kappa shape index (κ2) is 9.89. The number of ether oxygens (including phenoxy) is 1. The molecule has 0 radical (unpaired) electrons. The number of halogens is 1. The van der Waals surface area contributed by atoms with Gasteiger partial charge in [0, 0.05) is 11.1 Å². The molecule has 1 fully saturated rings. The Labute approximate surface area is 231 Å². The smallest absolute Gasteiger partial charge is 0.356 e. The molecule has 0 aromatic heterocycles. The maximum absolute atomic E-state index is 13.7. The highest BCUT2D eigenvalue weighted by molar-refractivity contribution is 9.09. The SMILES string of the molecule is O=C(OC(c1ccccc1)c1ccccc1)C1=C(CBr)CS[C@@H]2C(N3C(=O)c4ccccc4C3=O)C(=O)N12. The summed E-state index contributed by atoms with van der Waals surface area (Å²) in [6, 6.07) is 24.4. The van der Waals surface area contributed by atoms with Crippen LogP contribution >= 0.6 is 27.7 Å². The van der Waals surface area contributed by atoms with Crippen molar-refractivity contribution in [1.29, 1.82) is 0 Å². The zero-order valence-electron chi connectivity index (χ0n) is 20.0. The summed E-state index contributed by atoms with van der Waals surface area (Å²) in [5.74, 6) is -1.63. The number of carbonyl (C=O) groups is 4. The number of benzene rings is 3. The first-order chi connectivity index (χ1) is 18.5. The van der Waals surface area contributed by atoms with Gasteiger partial charge in [-0.3, -0.25) is 24.2 Å². The molecule has 7 nitrogen and oxygen atoms in total. The van der Waals surface area contributed by atoms with Gasteiger partial charge in [-0.2, -0.15) is 0 Å². The number of esters is 1. The van der Waals surface area contributed by atoms with E-state index in [1.54, 1.807) is 24.3 Å². The van der Waals surface area contributed by atoms with Crippen molar-refractivity contribution in [2.45, 2.75) is 17.5 Å². The minimum atomic E-state index is -0.980. The summed E-state index contributed by atoms with van der Waals surface area (Å²) in [6.07, 6.45) is -0.676. The van der Waals surface area contributed by atoms with Crippen LogP contribution in [-0.4, -0.2) is 56.0 Å². The summed E-state index contributed by atoms with van der Waals surface area (Å²) in [6.45, 7) is 0. The van der Waals surface area contributed by atoms with E-state index in [9.17, 15) is 19.2 Å². The monoisotopic (exact) mass is 588 g/mol. The van der Waals surface area contributed by atoms with Gasteiger partial charge < -0.3 is 4.74 Å². The number of amides is 3. The first-order valence-corrected chi connectivity index (χ1v) is 14.2. The van der Waals surface area contributed by atoms with Crippen molar-refractivity contribution in [3.05, 3.63) is 118 Å². The topological polar surface area (TPSA) is 84.0 Å². The highest BCUT2D eigenvalue weighted by Gasteiger charge is 2.60. The van der Waals surface area contributed by atoms with Crippen LogP contribution in [0.4, 0.5) is 0 Å². The predicted molar refractivity (Wildman–Crippen MR) is 145 cm³/mol. The Bertz CT molecular complexity index is 1420. The van der Waals surface area contributed by atoms with Crippen LogP contribution in [0.3, 0.4) is 0 Å². The molecule has 1 saturated heterocycles. The largest absolute Gasteiger partial charge is 0.448 e. The Morgan fingerprint density at radius 2 is 1.37 bits per heavy atom. The molecule has 0 saturated carbocycles. The molecule has 1 unspecified atom stereocenters. The standard InChI is InChI=1S/C29H21BrN2O5S/c30-15-19-16-38-28-23(31-25(33)20-13-7-8-14-21(20)26(31)34)27(35)32(28)22(19)29(36)37-24(17-9-3-1-4-10-17)18-11-5-2-6-12-18/h1-14,23-24,28H,15-16H2/t23?,28-/m1/s1. The zero-order chi connectivity index (χ0) is 26.4. The van der Waals surface area contributed by atoms with Gasteiger partial charge in [0.1, 0.15) is 17.1 Å². The number of thioether (sulfide) groups is 1. The van der Waals surface area contributed by atoms with E-state index < -0.39 is 41.2 Å². The molecule has 0 aliphatic carbocycles. The Hall–Kier alpha value is -3.69. The van der Waals surface area contributed by atoms with E-state index in [1.807, 2.05) is 60.7 Å². The number of fused-ring (bicyclic) bond motifs is 2. The number of hydrogen-bond donors (Lipinski definition) is 0. The highest BCUT2D eigenvalue weighted by atomic mass is 79.9. The van der Waals surface area contributed by atoms with E-state index in [0.29, 0.717) is 16.7 Å². The number of β-lactam (4-membered cyclic amide) rings is 1. The molecular formula is C29H21BrN2O5S. The van der Waals surface area contributed by atoms with Gasteiger partial charge in [0.2, 0.25) is 0 Å². The summed E-state index contributed by atoms with van der Waals surface area (Å²) < 4.78 is 6.08. The maximum atomic E-state index is 13.7. The van der Waals surface area contributed by atoms with Crippen molar-refractivity contribution >= 4 is 51.4 Å². The first kappa shape index (κ1) is 24.6. The van der Waals surface area contributed by atoms with E-state index in [1.165, 1.54) is 16.7 Å². The number of alkyl halides is 1. The van der Waals surface area contributed by atoms with Gasteiger partial charge >= 0.3 is 5.97 Å². The molecule has 3 amide bonds. The first-order valence-electron chi connectivity index (χ1n) is 12.0. The minimum absolute atomic E-state index is 0.167. The fourth-order valence-corrected chi connectivity index (χ4v) is 7.18. The van der Waals surface area contributed by atoms with Crippen molar-refractivity contribution in [2.24, 2.45) is 0 Å². The van der Waals surface area contributed by atoms with Gasteiger partial charge in [-0.25, -0.2) is 4.79 Å². The van der Waals surface area contributed by atoms with Crippen molar-refractivity contribution in [3.8, 4) is 0 Å². The molecule has 6 rings (SSSR count). The van der Waals surface area contributed by atoms with E-state index in [-0.39, 0.29) is 16.8 Å². The lowest BCUT2D eigenvalue weighted by molar-refractivity contribution is -0.155. The molecule has 3 aromatic rings. The Balaban J connectivity index is 1.30. The van der Waals surface area contributed by atoms with Crippen LogP contribution in [0.2, 0.25) is 0 Å². The van der Waals surface area contributed by atoms with E-state index in [0.717, 1.165) is 16.0 Å². The Morgan fingerprint density at radius 1 is 0.842 bits per heavy atom. The lowest BCUT2D eigenvalue weighted by Gasteiger charge is -2.51. The third-order valence-electron chi connectivity index (χ3n) is 6.91. The third kappa shape index (κ3) is 3.88. The van der Waals surface area contributed by atoms with Crippen LogP contribution in [0.5, 0.6) is 0 Å². The molecule has 0 bridgehead atoms. The predicted octanol–water partition coefficient (Wildman–Crippen LogP) is 4.55. The van der Waals surface area contributed by atoms with Crippen LogP contribution in [0.15, 0.2) is 96.2 Å². The molecule has 0 spiro atoms. The molecule has 3 aliphatic rings. The van der Waals surface area contributed by atoms with Crippen LogP contribution in [-0.2, 0) is 14.3 Å². The van der Waals surface area contributed by atoms with Gasteiger partial charge in [-0.1, -0.05) is 88.7 Å². The van der Waals surface area contributed by atoms with Crippen LogP contribution in [0.25, 0.3) is 0 Å². The molecule has 0 N–H and O–H groups in total. The molecule has 2 atom stereocenters. The van der Waals surface area contributed by atoms with E-state index >= 15 is 0 Å². The summed E-state index contributed by atoms with van der Waals surface area (Å²) in [5, 5.41) is -0.193. The molecule has 3 aromatic carbocycles. The maximum Gasteiger partial charge on any atom is 0.356 e. The van der Waals surface area contributed by atoms with Gasteiger partial charge in [0.15, 0.2) is 6.10 Å². The average molecular weight is 589 g/mol. The number of carbonyl (C=O) groups excluding carboxylic acids is 4. The fraction of sp³-hybridized carbons (Fsp3) is 0.172. The fourth-order valence-electron chi connectivity index (χ4n) is 5.07. The van der Waals surface area contributed by atoms with Crippen molar-refractivity contribution < 1.29 is 23.9 Å². The van der Waals surface area contributed by atoms with E-state index in [4.69, 9.17) is 4.74 Å². The third-order valence-corrected chi connectivity index (χ3v) is 8.91. The number of imide groups is 1. The van der Waals surface area contributed by atoms with Crippen molar-refractivity contribution in [3.63, 3.8) is 0 Å². The average Bonchev–Trinajstić information content (AvgIpc) is 3.21. The number of nitrogens with zero attached hydrogens (tertiary/aromatic N) is 2. The molecule has 3 aliphatic heterocycles. The second-order valence-electron chi connectivity index (χ2n) is 9.07. The summed E-state index contributed by atoms with van der Waals surface area (Å²) in [7, 11) is 0. The number of hydrogen-bond acceptors (Lipinski definition) is 6. The molecule has 3 heterocycles. The zero-order valence-corrected chi connectivity index (χ0v) is 22.4. The molecular weight excluding hydrogens is 568 g/mol. The minimum Gasteiger partial charge on any atom is -0.448 e. The Morgan fingerprint density at radius 3 is 1.89 bits per heavy atom. The number of rotatable bonds is 6. The van der Waals surface area contributed by atoms with Gasteiger partial charge in [0.25, 0.3) is 17.7 Å². The van der Waals surface area contributed by atoms with Gasteiger partial charge in [0.05, 0.1) is 11.1 Å². The van der Waals surface area contributed by atoms with Crippen LogP contribution in [0.1, 0.15) is 37.9 Å². The lowest BCUT2D eigenvalue weighted by Crippen LogP contribution is -2.71.